The molecule has 1 atom stereocenters. The number of benzene rings is 2. The molecule has 31 heavy (non-hydrogen) atoms. The van der Waals surface area contributed by atoms with Gasteiger partial charge in [-0.2, -0.15) is 0 Å². The van der Waals surface area contributed by atoms with Crippen LogP contribution >= 0.6 is 11.6 Å². The topological polar surface area (TPSA) is 42.0 Å². The van der Waals surface area contributed by atoms with Crippen LogP contribution in [0.1, 0.15) is 37.8 Å². The number of hydrogen-bond acceptors (Lipinski definition) is 4. The molecule has 1 saturated heterocycles. The van der Waals surface area contributed by atoms with Gasteiger partial charge in [0.15, 0.2) is 11.5 Å². The third-order valence-corrected chi connectivity index (χ3v) is 6.27. The minimum Gasteiger partial charge on any atom is -0.489 e. The second-order valence-electron chi connectivity index (χ2n) is 8.72. The fourth-order valence-electron chi connectivity index (χ4n) is 4.34. The zero-order valence-corrected chi connectivity index (χ0v) is 19.1. The summed E-state index contributed by atoms with van der Waals surface area (Å²) in [5.74, 6) is 1.53. The zero-order valence-electron chi connectivity index (χ0n) is 18.4. The fourth-order valence-corrected chi connectivity index (χ4v) is 4.63. The van der Waals surface area contributed by atoms with E-state index in [2.05, 4.69) is 43.0 Å². The van der Waals surface area contributed by atoms with Gasteiger partial charge >= 0.3 is 0 Å². The van der Waals surface area contributed by atoms with Crippen molar-refractivity contribution in [1.82, 2.24) is 9.80 Å². The molecule has 2 aliphatic heterocycles. The monoisotopic (exact) mass is 442 g/mol. The van der Waals surface area contributed by atoms with E-state index in [9.17, 15) is 4.79 Å². The van der Waals surface area contributed by atoms with Gasteiger partial charge in [-0.15, -0.1) is 0 Å². The Bertz CT molecular complexity index is 903. The standard InChI is InChI=1S/C25H31ClN2O3/c1-18(2)28(16-20-13-22(26)24-23(14-20)30-11-6-12-31-24)25(29)21-9-10-27(17-21)15-19-7-4-3-5-8-19/h3-5,7-8,13-14,18,21H,6,9-12,15-17H2,1-2H3. The molecule has 1 unspecified atom stereocenters. The Morgan fingerprint density at radius 2 is 1.94 bits per heavy atom. The van der Waals surface area contributed by atoms with Gasteiger partial charge in [0.2, 0.25) is 5.91 Å². The highest BCUT2D eigenvalue weighted by Gasteiger charge is 2.32. The molecule has 166 valence electrons. The van der Waals surface area contributed by atoms with Gasteiger partial charge in [-0.05, 0) is 50.1 Å². The van der Waals surface area contributed by atoms with E-state index in [4.69, 9.17) is 21.1 Å². The van der Waals surface area contributed by atoms with Gasteiger partial charge < -0.3 is 14.4 Å². The SMILES string of the molecule is CC(C)N(Cc1cc(Cl)c2c(c1)OCCCO2)C(=O)C1CCN(Cc2ccccc2)C1. The Kier molecular flexibility index (Phi) is 7.03. The molecule has 0 aliphatic carbocycles. The molecule has 6 heteroatoms. The predicted molar refractivity (Wildman–Crippen MR) is 123 cm³/mol. The first kappa shape index (κ1) is 22.0. The molecule has 0 N–H and O–H groups in total. The Labute approximate surface area is 189 Å². The number of carbonyl (C=O) groups is 1. The van der Waals surface area contributed by atoms with Crippen LogP contribution in [0.4, 0.5) is 0 Å². The lowest BCUT2D eigenvalue weighted by atomic mass is 10.0. The number of carbonyl (C=O) groups excluding carboxylic acids is 1. The molecule has 0 bridgehead atoms. The summed E-state index contributed by atoms with van der Waals surface area (Å²) in [4.78, 5) is 17.8. The lowest BCUT2D eigenvalue weighted by Gasteiger charge is -2.30. The maximum atomic E-state index is 13.4. The molecular weight excluding hydrogens is 412 g/mol. The van der Waals surface area contributed by atoms with Crippen LogP contribution in [-0.2, 0) is 17.9 Å². The summed E-state index contributed by atoms with van der Waals surface area (Å²) < 4.78 is 11.6. The quantitative estimate of drug-likeness (QED) is 0.646. The minimum absolute atomic E-state index is 0.0296. The number of rotatable bonds is 6. The van der Waals surface area contributed by atoms with Crippen LogP contribution in [-0.4, -0.2) is 48.1 Å². The summed E-state index contributed by atoms with van der Waals surface area (Å²) in [6.07, 6.45) is 1.73. The smallest absolute Gasteiger partial charge is 0.227 e. The van der Waals surface area contributed by atoms with Crippen LogP contribution in [0.2, 0.25) is 5.02 Å². The van der Waals surface area contributed by atoms with E-state index in [0.717, 1.165) is 38.0 Å². The summed E-state index contributed by atoms with van der Waals surface area (Å²) in [7, 11) is 0. The third kappa shape index (κ3) is 5.34. The Hall–Kier alpha value is -2.24. The van der Waals surface area contributed by atoms with Crippen molar-refractivity contribution in [2.24, 2.45) is 5.92 Å². The number of nitrogens with zero attached hydrogens (tertiary/aromatic N) is 2. The van der Waals surface area contributed by atoms with Crippen molar-refractivity contribution < 1.29 is 14.3 Å². The highest BCUT2D eigenvalue weighted by Crippen LogP contribution is 2.38. The average Bonchev–Trinajstić information content (AvgIpc) is 3.08. The highest BCUT2D eigenvalue weighted by atomic mass is 35.5. The van der Waals surface area contributed by atoms with Gasteiger partial charge in [-0.3, -0.25) is 9.69 Å². The van der Waals surface area contributed by atoms with E-state index in [1.807, 2.05) is 23.1 Å². The highest BCUT2D eigenvalue weighted by molar-refractivity contribution is 6.32. The van der Waals surface area contributed by atoms with Gasteiger partial charge in [0.05, 0.1) is 24.2 Å². The van der Waals surface area contributed by atoms with Crippen molar-refractivity contribution >= 4 is 17.5 Å². The predicted octanol–water partition coefficient (Wildman–Crippen LogP) is 4.76. The summed E-state index contributed by atoms with van der Waals surface area (Å²) in [6, 6.07) is 14.4. The number of halogens is 1. The summed E-state index contributed by atoms with van der Waals surface area (Å²) in [5, 5.41) is 0.542. The minimum atomic E-state index is 0.0296. The summed E-state index contributed by atoms with van der Waals surface area (Å²) in [6.45, 7) is 8.51. The molecule has 2 aromatic rings. The molecule has 0 radical (unpaired) electrons. The van der Waals surface area contributed by atoms with Crippen LogP contribution in [0, 0.1) is 5.92 Å². The van der Waals surface area contributed by atoms with E-state index in [0.29, 0.717) is 36.3 Å². The normalized spacial score (nSPS) is 18.8. The molecule has 2 aromatic carbocycles. The molecular formula is C25H31ClN2O3. The third-order valence-electron chi connectivity index (χ3n) is 5.99. The van der Waals surface area contributed by atoms with Crippen LogP contribution in [0.25, 0.3) is 0 Å². The average molecular weight is 443 g/mol. The Balaban J connectivity index is 1.44. The molecule has 0 aromatic heterocycles. The van der Waals surface area contributed by atoms with E-state index in [1.165, 1.54) is 5.56 Å². The number of ether oxygens (including phenoxy) is 2. The molecule has 2 aliphatic rings. The number of hydrogen-bond donors (Lipinski definition) is 0. The van der Waals surface area contributed by atoms with Gasteiger partial charge in [-0.25, -0.2) is 0 Å². The van der Waals surface area contributed by atoms with Gasteiger partial charge in [0.1, 0.15) is 0 Å². The molecule has 1 fully saturated rings. The van der Waals surface area contributed by atoms with Crippen molar-refractivity contribution in [1.29, 1.82) is 0 Å². The van der Waals surface area contributed by atoms with E-state index < -0.39 is 0 Å². The van der Waals surface area contributed by atoms with E-state index >= 15 is 0 Å². The fraction of sp³-hybridized carbons (Fsp3) is 0.480. The van der Waals surface area contributed by atoms with Crippen molar-refractivity contribution in [2.75, 3.05) is 26.3 Å². The van der Waals surface area contributed by atoms with Crippen LogP contribution in [0.5, 0.6) is 11.5 Å². The lowest BCUT2D eigenvalue weighted by molar-refractivity contribution is -0.137. The Morgan fingerprint density at radius 3 is 2.71 bits per heavy atom. The summed E-state index contributed by atoms with van der Waals surface area (Å²) in [5.41, 5.74) is 2.26. The number of amides is 1. The molecule has 1 amide bonds. The molecule has 4 rings (SSSR count). The second kappa shape index (κ2) is 9.92. The second-order valence-corrected chi connectivity index (χ2v) is 9.13. The molecule has 0 spiro atoms. The van der Waals surface area contributed by atoms with Gasteiger partial charge in [0.25, 0.3) is 0 Å². The maximum absolute atomic E-state index is 13.4. The van der Waals surface area contributed by atoms with Crippen molar-refractivity contribution in [3.8, 4) is 11.5 Å². The van der Waals surface area contributed by atoms with Crippen LogP contribution in [0.3, 0.4) is 0 Å². The van der Waals surface area contributed by atoms with Gasteiger partial charge in [-0.1, -0.05) is 41.9 Å². The van der Waals surface area contributed by atoms with E-state index in [-0.39, 0.29) is 17.9 Å². The van der Waals surface area contributed by atoms with Crippen molar-refractivity contribution in [3.05, 3.63) is 58.6 Å². The molecule has 0 saturated carbocycles. The van der Waals surface area contributed by atoms with Crippen molar-refractivity contribution in [3.63, 3.8) is 0 Å². The maximum Gasteiger partial charge on any atom is 0.227 e. The van der Waals surface area contributed by atoms with Crippen LogP contribution < -0.4 is 9.47 Å². The van der Waals surface area contributed by atoms with E-state index in [1.54, 1.807) is 0 Å². The first-order valence-corrected chi connectivity index (χ1v) is 11.5. The number of fused-ring (bicyclic) bond motifs is 1. The lowest BCUT2D eigenvalue weighted by Crippen LogP contribution is -2.41. The summed E-state index contributed by atoms with van der Waals surface area (Å²) >= 11 is 6.47. The first-order valence-electron chi connectivity index (χ1n) is 11.2. The largest absolute Gasteiger partial charge is 0.489 e. The first-order chi connectivity index (χ1) is 15.0. The molecule has 2 heterocycles. The number of likely N-dealkylation sites (tertiary alicyclic amines) is 1. The molecule has 5 nitrogen and oxygen atoms in total. The zero-order chi connectivity index (χ0) is 21.8. The van der Waals surface area contributed by atoms with Crippen LogP contribution in [0.15, 0.2) is 42.5 Å². The Morgan fingerprint density at radius 1 is 1.16 bits per heavy atom. The van der Waals surface area contributed by atoms with Crippen molar-refractivity contribution in [2.45, 2.75) is 45.8 Å². The van der Waals surface area contributed by atoms with Gasteiger partial charge in [0, 0.05) is 32.1 Å².